The fraction of sp³-hybridized carbons (Fsp3) is 0.500. The minimum Gasteiger partial charge on any atom is -0.387 e. The Morgan fingerprint density at radius 1 is 1.28 bits per heavy atom. The van der Waals surface area contributed by atoms with E-state index in [2.05, 4.69) is 5.32 Å². The summed E-state index contributed by atoms with van der Waals surface area (Å²) in [5.41, 5.74) is 1.59. The molecule has 0 bridgehead atoms. The number of anilines is 1. The molecule has 18 heavy (non-hydrogen) atoms. The number of morpholine rings is 1. The zero-order valence-corrected chi connectivity index (χ0v) is 11.1. The van der Waals surface area contributed by atoms with Crippen molar-refractivity contribution in [2.75, 3.05) is 25.5 Å². The second-order valence-corrected chi connectivity index (χ2v) is 4.76. The van der Waals surface area contributed by atoms with Crippen molar-refractivity contribution in [3.63, 3.8) is 0 Å². The zero-order valence-electron chi connectivity index (χ0n) is 11.1. The van der Waals surface area contributed by atoms with Crippen LogP contribution in [-0.4, -0.2) is 43.2 Å². The Labute approximate surface area is 108 Å². The number of hydrogen-bond donors (Lipinski definition) is 1. The molecule has 1 heterocycles. The van der Waals surface area contributed by atoms with Gasteiger partial charge in [0.2, 0.25) is 0 Å². The Hall–Kier alpha value is -1.55. The van der Waals surface area contributed by atoms with E-state index >= 15 is 0 Å². The van der Waals surface area contributed by atoms with Gasteiger partial charge in [-0.1, -0.05) is 12.1 Å². The van der Waals surface area contributed by atoms with Crippen LogP contribution in [-0.2, 0) is 4.74 Å². The number of ether oxygens (including phenoxy) is 1. The molecule has 4 heteroatoms. The molecule has 0 spiro atoms. The van der Waals surface area contributed by atoms with Gasteiger partial charge in [-0.15, -0.1) is 0 Å². The third-order valence-electron chi connectivity index (χ3n) is 3.13. The minimum absolute atomic E-state index is 0.0713. The molecule has 0 aliphatic carbocycles. The van der Waals surface area contributed by atoms with E-state index in [1.165, 1.54) is 0 Å². The normalized spacial score (nSPS) is 23.8. The molecular formula is C14H20N2O2. The van der Waals surface area contributed by atoms with E-state index in [1.54, 1.807) is 0 Å². The summed E-state index contributed by atoms with van der Waals surface area (Å²) in [6, 6.07) is 7.59. The van der Waals surface area contributed by atoms with Crippen LogP contribution in [0.5, 0.6) is 0 Å². The van der Waals surface area contributed by atoms with Gasteiger partial charge in [-0.3, -0.25) is 4.79 Å². The average Bonchev–Trinajstić information content (AvgIpc) is 2.36. The van der Waals surface area contributed by atoms with Crippen molar-refractivity contribution < 1.29 is 9.53 Å². The lowest BCUT2D eigenvalue weighted by Crippen LogP contribution is -2.48. The number of carbonyl (C=O) groups is 1. The topological polar surface area (TPSA) is 41.6 Å². The number of hydrogen-bond acceptors (Lipinski definition) is 3. The van der Waals surface area contributed by atoms with Gasteiger partial charge in [-0.2, -0.15) is 0 Å². The van der Waals surface area contributed by atoms with Crippen molar-refractivity contribution in [2.45, 2.75) is 26.1 Å². The molecule has 1 aromatic rings. The summed E-state index contributed by atoms with van der Waals surface area (Å²) >= 11 is 0. The van der Waals surface area contributed by atoms with Crippen LogP contribution in [0.3, 0.4) is 0 Å². The summed E-state index contributed by atoms with van der Waals surface area (Å²) in [6.45, 7) is 5.31. The van der Waals surface area contributed by atoms with Crippen LogP contribution in [0.1, 0.15) is 24.2 Å². The largest absolute Gasteiger partial charge is 0.387 e. The highest BCUT2D eigenvalue weighted by Gasteiger charge is 2.27. The summed E-state index contributed by atoms with van der Waals surface area (Å²) in [5.74, 6) is 0.0713. The SMILES string of the molecule is CNc1ccccc1C(=O)N1C[C@@H](C)O[C@@H](C)C1. The van der Waals surface area contributed by atoms with Crippen LogP contribution in [0, 0.1) is 0 Å². The molecule has 1 saturated heterocycles. The molecule has 1 aromatic carbocycles. The highest BCUT2D eigenvalue weighted by atomic mass is 16.5. The van der Waals surface area contributed by atoms with Crippen LogP contribution >= 0.6 is 0 Å². The van der Waals surface area contributed by atoms with E-state index in [1.807, 2.05) is 50.1 Å². The fourth-order valence-electron chi connectivity index (χ4n) is 2.40. The molecule has 0 radical (unpaired) electrons. The lowest BCUT2D eigenvalue weighted by atomic mass is 10.1. The zero-order chi connectivity index (χ0) is 13.1. The van der Waals surface area contributed by atoms with E-state index in [4.69, 9.17) is 4.74 Å². The van der Waals surface area contributed by atoms with Gasteiger partial charge in [-0.25, -0.2) is 0 Å². The molecule has 0 aromatic heterocycles. The third kappa shape index (κ3) is 2.64. The lowest BCUT2D eigenvalue weighted by Gasteiger charge is -2.35. The van der Waals surface area contributed by atoms with Crippen LogP contribution in [0.25, 0.3) is 0 Å². The number of nitrogens with one attached hydrogen (secondary N) is 1. The van der Waals surface area contributed by atoms with E-state index < -0.39 is 0 Å². The molecule has 1 N–H and O–H groups in total. The number of para-hydroxylation sites is 1. The highest BCUT2D eigenvalue weighted by Crippen LogP contribution is 2.19. The van der Waals surface area contributed by atoms with E-state index in [0.29, 0.717) is 13.1 Å². The Morgan fingerprint density at radius 3 is 2.50 bits per heavy atom. The molecule has 1 fully saturated rings. The number of nitrogens with zero attached hydrogens (tertiary/aromatic N) is 1. The van der Waals surface area contributed by atoms with Crippen molar-refractivity contribution in [3.8, 4) is 0 Å². The molecule has 2 atom stereocenters. The average molecular weight is 248 g/mol. The van der Waals surface area contributed by atoms with Crippen molar-refractivity contribution in [1.29, 1.82) is 0 Å². The Bertz CT molecular complexity index is 424. The van der Waals surface area contributed by atoms with Crippen LogP contribution in [0.15, 0.2) is 24.3 Å². The van der Waals surface area contributed by atoms with Gasteiger partial charge < -0.3 is 15.0 Å². The standard InChI is InChI=1S/C14H20N2O2/c1-10-8-16(9-11(2)18-10)14(17)12-6-4-5-7-13(12)15-3/h4-7,10-11,15H,8-9H2,1-3H3/t10-,11+. The monoisotopic (exact) mass is 248 g/mol. The summed E-state index contributed by atoms with van der Waals surface area (Å²) in [7, 11) is 1.83. The predicted molar refractivity (Wildman–Crippen MR) is 71.9 cm³/mol. The first kappa shape index (κ1) is 12.9. The van der Waals surface area contributed by atoms with Crippen molar-refractivity contribution >= 4 is 11.6 Å². The Morgan fingerprint density at radius 2 is 1.89 bits per heavy atom. The van der Waals surface area contributed by atoms with Crippen LogP contribution in [0.2, 0.25) is 0 Å². The fourth-order valence-corrected chi connectivity index (χ4v) is 2.40. The summed E-state index contributed by atoms with van der Waals surface area (Å²) < 4.78 is 5.65. The number of amides is 1. The molecule has 98 valence electrons. The van der Waals surface area contributed by atoms with Gasteiger partial charge in [0.15, 0.2) is 0 Å². The Balaban J connectivity index is 2.20. The third-order valence-corrected chi connectivity index (χ3v) is 3.13. The minimum atomic E-state index is 0.0713. The molecule has 2 rings (SSSR count). The molecule has 0 unspecified atom stereocenters. The molecular weight excluding hydrogens is 228 g/mol. The van der Waals surface area contributed by atoms with Gasteiger partial charge in [0.25, 0.3) is 5.91 Å². The van der Waals surface area contributed by atoms with Gasteiger partial charge in [-0.05, 0) is 26.0 Å². The first-order valence-electron chi connectivity index (χ1n) is 6.33. The second-order valence-electron chi connectivity index (χ2n) is 4.76. The maximum atomic E-state index is 12.5. The molecule has 1 aliphatic rings. The van der Waals surface area contributed by atoms with Crippen LogP contribution in [0.4, 0.5) is 5.69 Å². The number of carbonyl (C=O) groups excluding carboxylic acids is 1. The number of rotatable bonds is 2. The summed E-state index contributed by atoms with van der Waals surface area (Å²) in [5, 5.41) is 3.06. The van der Waals surface area contributed by atoms with Gasteiger partial charge in [0, 0.05) is 25.8 Å². The van der Waals surface area contributed by atoms with E-state index in [9.17, 15) is 4.79 Å². The maximum absolute atomic E-state index is 12.5. The maximum Gasteiger partial charge on any atom is 0.256 e. The van der Waals surface area contributed by atoms with Gasteiger partial charge in [0.1, 0.15) is 0 Å². The predicted octanol–water partition coefficient (Wildman–Crippen LogP) is 1.98. The van der Waals surface area contributed by atoms with Crippen molar-refractivity contribution in [3.05, 3.63) is 29.8 Å². The first-order chi connectivity index (χ1) is 8.61. The summed E-state index contributed by atoms with van der Waals surface area (Å²) in [4.78, 5) is 14.4. The molecule has 0 saturated carbocycles. The molecule has 4 nitrogen and oxygen atoms in total. The van der Waals surface area contributed by atoms with E-state index in [0.717, 1.165) is 11.3 Å². The van der Waals surface area contributed by atoms with Crippen molar-refractivity contribution in [1.82, 2.24) is 4.90 Å². The van der Waals surface area contributed by atoms with Gasteiger partial charge >= 0.3 is 0 Å². The number of benzene rings is 1. The quantitative estimate of drug-likeness (QED) is 0.870. The molecule has 1 amide bonds. The van der Waals surface area contributed by atoms with Gasteiger partial charge in [0.05, 0.1) is 17.8 Å². The smallest absolute Gasteiger partial charge is 0.256 e. The first-order valence-corrected chi connectivity index (χ1v) is 6.33. The summed E-state index contributed by atoms with van der Waals surface area (Å²) in [6.07, 6.45) is 0.193. The van der Waals surface area contributed by atoms with E-state index in [-0.39, 0.29) is 18.1 Å². The van der Waals surface area contributed by atoms with Crippen LogP contribution < -0.4 is 5.32 Å². The van der Waals surface area contributed by atoms with Crippen molar-refractivity contribution in [2.24, 2.45) is 0 Å². The lowest BCUT2D eigenvalue weighted by molar-refractivity contribution is -0.0585. The highest BCUT2D eigenvalue weighted by molar-refractivity contribution is 5.99. The second kappa shape index (κ2) is 5.40. The Kier molecular flexibility index (Phi) is 3.87. The molecule has 1 aliphatic heterocycles.